The summed E-state index contributed by atoms with van der Waals surface area (Å²) in [5.74, 6) is -0.0743. The van der Waals surface area contributed by atoms with Gasteiger partial charge in [-0.2, -0.15) is 5.26 Å². The highest BCUT2D eigenvalue weighted by Gasteiger charge is 2.46. The molecular formula is C15H19N5O3. The van der Waals surface area contributed by atoms with Gasteiger partial charge in [0.15, 0.2) is 0 Å². The second-order valence-electron chi connectivity index (χ2n) is 6.43. The summed E-state index contributed by atoms with van der Waals surface area (Å²) in [4.78, 5) is 14.7. The molecule has 0 saturated carbocycles. The van der Waals surface area contributed by atoms with Gasteiger partial charge in [-0.05, 0) is 19.3 Å². The van der Waals surface area contributed by atoms with Crippen molar-refractivity contribution in [1.29, 1.82) is 5.26 Å². The largest absolute Gasteiger partial charge is 0.381 e. The van der Waals surface area contributed by atoms with Gasteiger partial charge in [0.25, 0.3) is 0 Å². The van der Waals surface area contributed by atoms with E-state index in [0.29, 0.717) is 45.8 Å². The fourth-order valence-corrected chi connectivity index (χ4v) is 3.77. The Morgan fingerprint density at radius 3 is 3.04 bits per heavy atom. The number of carbonyl (C=O) groups excluding carboxylic acids is 1. The third kappa shape index (κ3) is 2.31. The molecule has 122 valence electrons. The first kappa shape index (κ1) is 14.6. The van der Waals surface area contributed by atoms with Crippen LogP contribution >= 0.6 is 0 Å². The number of amides is 1. The van der Waals surface area contributed by atoms with Crippen molar-refractivity contribution in [2.45, 2.75) is 38.0 Å². The number of hydrogen-bond donors (Lipinski definition) is 0. The first-order valence-electron chi connectivity index (χ1n) is 8.02. The molecule has 8 nitrogen and oxygen atoms in total. The van der Waals surface area contributed by atoms with Gasteiger partial charge in [0.1, 0.15) is 5.41 Å². The van der Waals surface area contributed by atoms with Crippen molar-refractivity contribution in [2.24, 2.45) is 5.41 Å². The number of rotatable bonds is 1. The van der Waals surface area contributed by atoms with Crippen molar-refractivity contribution in [3.63, 3.8) is 0 Å². The summed E-state index contributed by atoms with van der Waals surface area (Å²) in [6, 6.07) is 2.38. The van der Waals surface area contributed by atoms with Gasteiger partial charge in [0, 0.05) is 26.3 Å². The fourth-order valence-electron chi connectivity index (χ4n) is 3.77. The van der Waals surface area contributed by atoms with Crippen LogP contribution in [0, 0.1) is 16.7 Å². The maximum atomic E-state index is 12.9. The van der Waals surface area contributed by atoms with E-state index in [1.165, 1.54) is 0 Å². The van der Waals surface area contributed by atoms with E-state index in [0.717, 1.165) is 12.1 Å². The molecule has 1 aromatic heterocycles. The van der Waals surface area contributed by atoms with Crippen LogP contribution in [-0.2, 0) is 20.9 Å². The topological polar surface area (TPSA) is 93.3 Å². The summed E-state index contributed by atoms with van der Waals surface area (Å²) >= 11 is 0. The summed E-state index contributed by atoms with van der Waals surface area (Å²) in [5.41, 5.74) is 0.0435. The first-order valence-corrected chi connectivity index (χ1v) is 8.02. The van der Waals surface area contributed by atoms with Crippen LogP contribution in [0.1, 0.15) is 31.0 Å². The van der Waals surface area contributed by atoms with Crippen molar-refractivity contribution < 1.29 is 14.3 Å². The molecule has 3 aliphatic heterocycles. The van der Waals surface area contributed by atoms with E-state index < -0.39 is 5.41 Å². The van der Waals surface area contributed by atoms with Gasteiger partial charge in [0.05, 0.1) is 36.7 Å². The highest BCUT2D eigenvalue weighted by molar-refractivity contribution is 5.85. The Hall–Kier alpha value is -1.98. The Bertz CT molecular complexity index is 646. The summed E-state index contributed by atoms with van der Waals surface area (Å²) in [6.07, 6.45) is 3.35. The second-order valence-corrected chi connectivity index (χ2v) is 6.43. The third-order valence-corrected chi connectivity index (χ3v) is 5.19. The highest BCUT2D eigenvalue weighted by atomic mass is 16.5. The smallest absolute Gasteiger partial charge is 0.243 e. The maximum Gasteiger partial charge on any atom is 0.243 e. The van der Waals surface area contributed by atoms with Crippen molar-refractivity contribution >= 4 is 5.91 Å². The lowest BCUT2D eigenvalue weighted by Crippen LogP contribution is -2.54. The molecule has 0 N–H and O–H groups in total. The number of nitriles is 1. The van der Waals surface area contributed by atoms with Crippen LogP contribution in [-0.4, -0.2) is 58.2 Å². The molecule has 2 atom stereocenters. The van der Waals surface area contributed by atoms with Gasteiger partial charge in [-0.3, -0.25) is 4.79 Å². The molecule has 0 aromatic carbocycles. The molecule has 1 aromatic rings. The van der Waals surface area contributed by atoms with E-state index >= 15 is 0 Å². The van der Waals surface area contributed by atoms with Crippen LogP contribution in [0.4, 0.5) is 0 Å². The van der Waals surface area contributed by atoms with Crippen molar-refractivity contribution in [1.82, 2.24) is 19.9 Å². The highest BCUT2D eigenvalue weighted by Crippen LogP contribution is 2.36. The number of aromatic nitrogens is 3. The number of hydrogen-bond acceptors (Lipinski definition) is 6. The lowest BCUT2D eigenvalue weighted by molar-refractivity contribution is -0.151. The lowest BCUT2D eigenvalue weighted by Gasteiger charge is -2.43. The van der Waals surface area contributed by atoms with E-state index in [4.69, 9.17) is 9.47 Å². The molecule has 4 heterocycles. The minimum atomic E-state index is -0.932. The van der Waals surface area contributed by atoms with Crippen LogP contribution < -0.4 is 0 Å². The van der Waals surface area contributed by atoms with Crippen molar-refractivity contribution in [3.8, 4) is 6.07 Å². The second kappa shape index (κ2) is 5.58. The number of likely N-dealkylation sites (tertiary alicyclic amines) is 1. The minimum absolute atomic E-state index is 0.0743. The van der Waals surface area contributed by atoms with Crippen molar-refractivity contribution in [3.05, 3.63) is 11.9 Å². The molecule has 0 unspecified atom stereocenters. The molecule has 23 heavy (non-hydrogen) atoms. The molecule has 3 aliphatic rings. The van der Waals surface area contributed by atoms with Gasteiger partial charge >= 0.3 is 0 Å². The average Bonchev–Trinajstić information content (AvgIpc) is 3.10. The van der Waals surface area contributed by atoms with Gasteiger partial charge in [-0.25, -0.2) is 4.68 Å². The normalized spacial score (nSPS) is 29.3. The Kier molecular flexibility index (Phi) is 3.54. The number of fused-ring (bicyclic) bond motifs is 3. The zero-order valence-corrected chi connectivity index (χ0v) is 12.8. The van der Waals surface area contributed by atoms with Crippen LogP contribution in [0.5, 0.6) is 0 Å². The van der Waals surface area contributed by atoms with E-state index in [-0.39, 0.29) is 18.1 Å². The SMILES string of the molecule is N#CC1(C(=O)N2CC[C@H]3[C@H](C2)OCc2cnnn23)CCOCC1. The van der Waals surface area contributed by atoms with Crippen LogP contribution in [0.15, 0.2) is 6.20 Å². The Morgan fingerprint density at radius 1 is 1.43 bits per heavy atom. The predicted molar refractivity (Wildman–Crippen MR) is 76.9 cm³/mol. The fraction of sp³-hybridized carbons (Fsp3) is 0.733. The molecule has 8 heteroatoms. The van der Waals surface area contributed by atoms with Crippen LogP contribution in [0.25, 0.3) is 0 Å². The number of nitrogens with zero attached hydrogens (tertiary/aromatic N) is 5. The third-order valence-electron chi connectivity index (χ3n) is 5.19. The molecule has 0 aliphatic carbocycles. The molecule has 0 spiro atoms. The molecule has 4 rings (SSSR count). The molecule has 2 fully saturated rings. The molecule has 1 amide bonds. The maximum absolute atomic E-state index is 12.9. The average molecular weight is 317 g/mol. The summed E-state index contributed by atoms with van der Waals surface area (Å²) in [6.45, 7) is 2.53. The van der Waals surface area contributed by atoms with Crippen molar-refractivity contribution in [2.75, 3.05) is 26.3 Å². The predicted octanol–water partition coefficient (Wildman–Crippen LogP) is 0.271. The summed E-state index contributed by atoms with van der Waals surface area (Å²) < 4.78 is 13.1. The quantitative estimate of drug-likeness (QED) is 0.738. The zero-order valence-electron chi connectivity index (χ0n) is 12.8. The number of carbonyl (C=O) groups is 1. The first-order chi connectivity index (χ1) is 11.2. The van der Waals surface area contributed by atoms with Gasteiger partial charge in [-0.15, -0.1) is 5.10 Å². The molecule has 0 bridgehead atoms. The molecular weight excluding hydrogens is 298 g/mol. The molecule has 0 radical (unpaired) electrons. The van der Waals surface area contributed by atoms with Crippen LogP contribution in [0.2, 0.25) is 0 Å². The van der Waals surface area contributed by atoms with Gasteiger partial charge in [0.2, 0.25) is 5.91 Å². The van der Waals surface area contributed by atoms with Gasteiger partial charge in [-0.1, -0.05) is 5.21 Å². The zero-order chi connectivity index (χ0) is 15.9. The monoisotopic (exact) mass is 317 g/mol. The number of ether oxygens (including phenoxy) is 2. The summed E-state index contributed by atoms with van der Waals surface area (Å²) in [5, 5.41) is 17.7. The van der Waals surface area contributed by atoms with E-state index in [1.807, 2.05) is 4.68 Å². The standard InChI is InChI=1S/C15H19N5O3/c16-10-15(2-5-22-6-3-15)14(21)19-4-1-12-13(8-19)23-9-11-7-17-18-20(11)12/h7,12-13H,1-6,8-9H2/t12-,13-/m0/s1. The Morgan fingerprint density at radius 2 is 2.26 bits per heavy atom. The Balaban J connectivity index is 1.51. The van der Waals surface area contributed by atoms with E-state index in [1.54, 1.807) is 11.1 Å². The van der Waals surface area contributed by atoms with E-state index in [9.17, 15) is 10.1 Å². The van der Waals surface area contributed by atoms with E-state index in [2.05, 4.69) is 16.4 Å². The lowest BCUT2D eigenvalue weighted by atomic mass is 9.79. The number of piperidine rings is 1. The Labute approximate surface area is 133 Å². The van der Waals surface area contributed by atoms with Crippen LogP contribution in [0.3, 0.4) is 0 Å². The van der Waals surface area contributed by atoms with Gasteiger partial charge < -0.3 is 14.4 Å². The minimum Gasteiger partial charge on any atom is -0.381 e. The summed E-state index contributed by atoms with van der Waals surface area (Å²) in [7, 11) is 0. The molecule has 2 saturated heterocycles.